The van der Waals surface area contributed by atoms with Gasteiger partial charge in [0.25, 0.3) is 0 Å². The molecule has 0 radical (unpaired) electrons. The highest BCUT2D eigenvalue weighted by molar-refractivity contribution is 9.10. The summed E-state index contributed by atoms with van der Waals surface area (Å²) in [4.78, 5) is 11.0. The lowest BCUT2D eigenvalue weighted by atomic mass is 10.2. The first-order valence-electron chi connectivity index (χ1n) is 8.21. The van der Waals surface area contributed by atoms with Crippen molar-refractivity contribution in [3.63, 3.8) is 0 Å². The molecular formula is C20H12BrN3O4. The molecule has 0 N–H and O–H groups in total. The minimum Gasteiger partial charge on any atom is -0.450 e. The van der Waals surface area contributed by atoms with E-state index in [2.05, 4.69) is 26.1 Å². The van der Waals surface area contributed by atoms with E-state index in [1.54, 1.807) is 30.3 Å². The first-order chi connectivity index (χ1) is 13.6. The molecule has 1 heterocycles. The lowest BCUT2D eigenvalue weighted by Gasteiger charge is -2.07. The van der Waals surface area contributed by atoms with Crippen LogP contribution in [0.15, 0.2) is 81.7 Å². The fraction of sp³-hybridized carbons (Fsp3) is 0. The maximum Gasteiger partial charge on any atom is 0.312 e. The number of hydrogen-bond donors (Lipinski definition) is 0. The molecule has 7 nitrogen and oxygen atoms in total. The molecule has 4 aromatic rings. The summed E-state index contributed by atoms with van der Waals surface area (Å²) in [6.07, 6.45) is 0. The summed E-state index contributed by atoms with van der Waals surface area (Å²) in [5.74, 6) is 1.15. The van der Waals surface area contributed by atoms with Crippen molar-refractivity contribution in [2.24, 2.45) is 0 Å². The van der Waals surface area contributed by atoms with Crippen molar-refractivity contribution in [3.8, 4) is 34.4 Å². The van der Waals surface area contributed by atoms with Gasteiger partial charge >= 0.3 is 5.69 Å². The molecule has 0 bridgehead atoms. The van der Waals surface area contributed by atoms with Gasteiger partial charge in [0, 0.05) is 21.7 Å². The highest BCUT2D eigenvalue weighted by Crippen LogP contribution is 2.35. The molecule has 8 heteroatoms. The maximum absolute atomic E-state index is 11.5. The maximum atomic E-state index is 11.5. The molecule has 138 valence electrons. The van der Waals surface area contributed by atoms with Crippen LogP contribution in [0.1, 0.15) is 0 Å². The third kappa shape index (κ3) is 3.77. The van der Waals surface area contributed by atoms with E-state index in [1.807, 2.05) is 30.3 Å². The Morgan fingerprint density at radius 2 is 1.57 bits per heavy atom. The van der Waals surface area contributed by atoms with Crippen LogP contribution in [0.4, 0.5) is 5.69 Å². The average Bonchev–Trinajstić information content (AvgIpc) is 3.21. The van der Waals surface area contributed by atoms with Crippen LogP contribution in [0.2, 0.25) is 0 Å². The van der Waals surface area contributed by atoms with Gasteiger partial charge < -0.3 is 9.15 Å². The van der Waals surface area contributed by atoms with Gasteiger partial charge in [0.2, 0.25) is 17.5 Å². The van der Waals surface area contributed by atoms with E-state index in [1.165, 1.54) is 12.1 Å². The zero-order valence-corrected chi connectivity index (χ0v) is 15.9. The molecule has 0 spiro atoms. The van der Waals surface area contributed by atoms with Crippen molar-refractivity contribution in [1.82, 2.24) is 10.2 Å². The van der Waals surface area contributed by atoms with Crippen LogP contribution in [0.3, 0.4) is 0 Å². The molecule has 0 atom stereocenters. The fourth-order valence-electron chi connectivity index (χ4n) is 2.55. The van der Waals surface area contributed by atoms with Crippen molar-refractivity contribution >= 4 is 21.6 Å². The van der Waals surface area contributed by atoms with E-state index in [4.69, 9.17) is 9.15 Å². The Morgan fingerprint density at radius 1 is 0.893 bits per heavy atom. The second-order valence-corrected chi connectivity index (χ2v) is 6.69. The number of nitro benzene ring substituents is 1. The molecule has 0 saturated carbocycles. The zero-order chi connectivity index (χ0) is 19.5. The lowest BCUT2D eigenvalue weighted by Crippen LogP contribution is -1.94. The largest absolute Gasteiger partial charge is 0.450 e. The fourth-order valence-corrected chi connectivity index (χ4v) is 2.81. The lowest BCUT2D eigenvalue weighted by molar-refractivity contribution is -0.385. The van der Waals surface area contributed by atoms with Gasteiger partial charge in [-0.2, -0.15) is 0 Å². The molecule has 0 aliphatic heterocycles. The minimum absolute atomic E-state index is 0.124. The summed E-state index contributed by atoms with van der Waals surface area (Å²) in [5.41, 5.74) is 1.01. The van der Waals surface area contributed by atoms with Gasteiger partial charge in [-0.15, -0.1) is 10.2 Å². The normalized spacial score (nSPS) is 10.6. The number of halogens is 1. The highest BCUT2D eigenvalue weighted by Gasteiger charge is 2.20. The summed E-state index contributed by atoms with van der Waals surface area (Å²) in [5, 5.41) is 19.5. The Labute approximate surface area is 167 Å². The first kappa shape index (κ1) is 17.9. The van der Waals surface area contributed by atoms with Crippen LogP contribution in [-0.2, 0) is 0 Å². The SMILES string of the molecule is O=[N+]([O-])c1cc(-c2nnc(-c3ccccc3)o2)ccc1Oc1ccc(Br)cc1. The predicted octanol–water partition coefficient (Wildman–Crippen LogP) is 5.87. The third-order valence-corrected chi connectivity index (χ3v) is 4.42. The molecule has 0 unspecified atom stereocenters. The number of nitro groups is 1. The summed E-state index contributed by atoms with van der Waals surface area (Å²) < 4.78 is 12.2. The standard InChI is InChI=1S/C20H12BrN3O4/c21-15-7-9-16(10-8-15)27-18-11-6-14(12-17(18)24(25)26)20-23-22-19(28-20)13-4-2-1-3-5-13/h1-12H. The zero-order valence-electron chi connectivity index (χ0n) is 14.3. The molecule has 28 heavy (non-hydrogen) atoms. The van der Waals surface area contributed by atoms with Crippen molar-refractivity contribution < 1.29 is 14.1 Å². The number of benzene rings is 3. The Kier molecular flexibility index (Phi) is 4.86. The number of ether oxygens (including phenoxy) is 1. The molecular weight excluding hydrogens is 426 g/mol. The van der Waals surface area contributed by atoms with Gasteiger partial charge in [0.1, 0.15) is 5.75 Å². The molecule has 0 aliphatic carbocycles. The van der Waals surface area contributed by atoms with Gasteiger partial charge in [-0.3, -0.25) is 10.1 Å². The molecule has 0 aliphatic rings. The molecule has 0 fully saturated rings. The number of nitrogens with zero attached hydrogens (tertiary/aromatic N) is 3. The van der Waals surface area contributed by atoms with Gasteiger partial charge in [0.05, 0.1) is 4.92 Å². The second-order valence-electron chi connectivity index (χ2n) is 5.77. The summed E-state index contributed by atoms with van der Waals surface area (Å²) in [7, 11) is 0. The van der Waals surface area contributed by atoms with Crippen molar-refractivity contribution in [1.29, 1.82) is 0 Å². The molecule has 1 aromatic heterocycles. The smallest absolute Gasteiger partial charge is 0.312 e. The van der Waals surface area contributed by atoms with Crippen molar-refractivity contribution in [2.75, 3.05) is 0 Å². The van der Waals surface area contributed by atoms with Crippen LogP contribution in [0.5, 0.6) is 11.5 Å². The van der Waals surface area contributed by atoms with E-state index < -0.39 is 4.92 Å². The predicted molar refractivity (Wildman–Crippen MR) is 106 cm³/mol. The van der Waals surface area contributed by atoms with E-state index in [-0.39, 0.29) is 17.3 Å². The van der Waals surface area contributed by atoms with Gasteiger partial charge in [-0.25, -0.2) is 0 Å². The van der Waals surface area contributed by atoms with Crippen LogP contribution in [0.25, 0.3) is 22.9 Å². The molecule has 4 rings (SSSR count). The van der Waals surface area contributed by atoms with Crippen molar-refractivity contribution in [3.05, 3.63) is 87.4 Å². The van der Waals surface area contributed by atoms with Crippen LogP contribution < -0.4 is 4.74 Å². The summed E-state index contributed by atoms with van der Waals surface area (Å²) in [6, 6.07) is 20.8. The average molecular weight is 438 g/mol. The molecule has 3 aromatic carbocycles. The second kappa shape index (κ2) is 7.61. The van der Waals surface area contributed by atoms with E-state index in [0.29, 0.717) is 17.2 Å². The summed E-state index contributed by atoms with van der Waals surface area (Å²) >= 11 is 3.34. The number of hydrogen-bond acceptors (Lipinski definition) is 6. The van der Waals surface area contributed by atoms with Gasteiger partial charge in [-0.05, 0) is 48.5 Å². The van der Waals surface area contributed by atoms with Crippen LogP contribution in [0, 0.1) is 10.1 Å². The van der Waals surface area contributed by atoms with E-state index in [0.717, 1.165) is 10.0 Å². The van der Waals surface area contributed by atoms with E-state index in [9.17, 15) is 10.1 Å². The first-order valence-corrected chi connectivity index (χ1v) is 9.00. The topological polar surface area (TPSA) is 91.3 Å². The Hall–Kier alpha value is -3.52. The Balaban J connectivity index is 1.66. The van der Waals surface area contributed by atoms with Crippen LogP contribution in [-0.4, -0.2) is 15.1 Å². The minimum atomic E-state index is -0.508. The van der Waals surface area contributed by atoms with Gasteiger partial charge in [-0.1, -0.05) is 34.1 Å². The molecule has 0 saturated heterocycles. The molecule has 0 amide bonds. The third-order valence-electron chi connectivity index (χ3n) is 3.89. The quantitative estimate of drug-likeness (QED) is 0.286. The monoisotopic (exact) mass is 437 g/mol. The number of rotatable bonds is 5. The van der Waals surface area contributed by atoms with Crippen molar-refractivity contribution in [2.45, 2.75) is 0 Å². The van der Waals surface area contributed by atoms with Crippen LogP contribution >= 0.6 is 15.9 Å². The Morgan fingerprint density at radius 3 is 2.25 bits per heavy atom. The van der Waals surface area contributed by atoms with E-state index >= 15 is 0 Å². The number of aromatic nitrogens is 2. The summed E-state index contributed by atoms with van der Waals surface area (Å²) in [6.45, 7) is 0. The highest BCUT2D eigenvalue weighted by atomic mass is 79.9. The van der Waals surface area contributed by atoms with Gasteiger partial charge in [0.15, 0.2) is 0 Å². The Bertz CT molecular complexity index is 1130.